The predicted octanol–water partition coefficient (Wildman–Crippen LogP) is 2.09. The van der Waals surface area contributed by atoms with Crippen LogP contribution in [0, 0.1) is 0 Å². The zero-order valence-corrected chi connectivity index (χ0v) is 11.0. The summed E-state index contributed by atoms with van der Waals surface area (Å²) in [6.07, 6.45) is 3.01. The third kappa shape index (κ3) is 3.28. The van der Waals surface area contributed by atoms with Gasteiger partial charge in [-0.1, -0.05) is 18.2 Å². The Hall–Kier alpha value is -1.45. The molecule has 2 rings (SSSR count). The number of aliphatic hydroxyl groups excluding tert-OH is 1. The molecule has 1 heterocycles. The molecule has 1 atom stereocenters. The van der Waals surface area contributed by atoms with Crippen LogP contribution in [0.1, 0.15) is 12.0 Å². The topological polar surface area (TPSA) is 36.4 Å². The maximum Gasteiger partial charge on any atom is 0.0704 e. The molecule has 0 fully saturated rings. The van der Waals surface area contributed by atoms with E-state index in [0.29, 0.717) is 6.42 Å². The summed E-state index contributed by atoms with van der Waals surface area (Å²) in [5, 5.41) is 11.2. The Labute approximate surface area is 108 Å². The van der Waals surface area contributed by atoms with Crippen LogP contribution < -0.4 is 0 Å². The van der Waals surface area contributed by atoms with Crippen LogP contribution in [-0.4, -0.2) is 41.7 Å². The molecule has 18 heavy (non-hydrogen) atoms. The van der Waals surface area contributed by atoms with E-state index in [1.807, 2.05) is 44.6 Å². The third-order valence-corrected chi connectivity index (χ3v) is 3.10. The van der Waals surface area contributed by atoms with E-state index in [1.54, 1.807) is 0 Å². The summed E-state index contributed by atoms with van der Waals surface area (Å²) in [7, 11) is 4.04. The largest absolute Gasteiger partial charge is 0.393 e. The van der Waals surface area contributed by atoms with Gasteiger partial charge in [0.15, 0.2) is 0 Å². The number of pyridine rings is 1. The van der Waals surface area contributed by atoms with E-state index < -0.39 is 0 Å². The van der Waals surface area contributed by atoms with Crippen LogP contribution >= 0.6 is 0 Å². The van der Waals surface area contributed by atoms with Crippen LogP contribution in [0.4, 0.5) is 0 Å². The molecule has 96 valence electrons. The summed E-state index contributed by atoms with van der Waals surface area (Å²) in [5.41, 5.74) is 2.17. The van der Waals surface area contributed by atoms with Crippen molar-refractivity contribution in [3.05, 3.63) is 42.1 Å². The van der Waals surface area contributed by atoms with E-state index in [0.717, 1.165) is 23.9 Å². The number of fused-ring (bicyclic) bond motifs is 1. The second-order valence-electron chi connectivity index (χ2n) is 4.94. The molecule has 0 spiro atoms. The molecule has 0 saturated carbocycles. The zero-order chi connectivity index (χ0) is 13.0. The van der Waals surface area contributed by atoms with Gasteiger partial charge in [0.1, 0.15) is 0 Å². The summed E-state index contributed by atoms with van der Waals surface area (Å²) in [4.78, 5) is 6.42. The Morgan fingerprint density at radius 2 is 2.00 bits per heavy atom. The Kier molecular flexibility index (Phi) is 4.28. The predicted molar refractivity (Wildman–Crippen MR) is 74.6 cm³/mol. The maximum atomic E-state index is 10.1. The van der Waals surface area contributed by atoms with Crippen molar-refractivity contribution < 1.29 is 5.11 Å². The lowest BCUT2D eigenvalue weighted by Crippen LogP contribution is -2.20. The highest BCUT2D eigenvalue weighted by atomic mass is 16.3. The van der Waals surface area contributed by atoms with E-state index >= 15 is 0 Å². The number of aliphatic hydroxyl groups is 1. The van der Waals surface area contributed by atoms with Gasteiger partial charge in [-0.25, -0.2) is 0 Å². The lowest BCUT2D eigenvalue weighted by molar-refractivity contribution is 0.152. The summed E-state index contributed by atoms with van der Waals surface area (Å²) in [6, 6.07) is 10.1. The fraction of sp³-hybridized carbons (Fsp3) is 0.400. The van der Waals surface area contributed by atoms with Crippen molar-refractivity contribution in [1.29, 1.82) is 0 Å². The first-order valence-corrected chi connectivity index (χ1v) is 6.32. The van der Waals surface area contributed by atoms with Crippen LogP contribution in [0.25, 0.3) is 10.9 Å². The van der Waals surface area contributed by atoms with Crippen molar-refractivity contribution in [1.82, 2.24) is 9.88 Å². The van der Waals surface area contributed by atoms with Crippen molar-refractivity contribution in [2.24, 2.45) is 0 Å². The summed E-state index contributed by atoms with van der Waals surface area (Å²) in [6.45, 7) is 0.907. The van der Waals surface area contributed by atoms with E-state index in [9.17, 15) is 5.11 Å². The number of benzene rings is 1. The highest BCUT2D eigenvalue weighted by molar-refractivity contribution is 5.81. The summed E-state index contributed by atoms with van der Waals surface area (Å²) < 4.78 is 0. The molecule has 3 heteroatoms. The highest BCUT2D eigenvalue weighted by Crippen LogP contribution is 2.18. The number of nitrogens with zero attached hydrogens (tertiary/aromatic N) is 2. The molecule has 0 saturated heterocycles. The van der Waals surface area contributed by atoms with Gasteiger partial charge in [0.05, 0.1) is 11.6 Å². The number of aromatic nitrogens is 1. The van der Waals surface area contributed by atoms with Gasteiger partial charge in [-0.15, -0.1) is 0 Å². The normalized spacial score (nSPS) is 13.1. The molecule has 1 aromatic carbocycles. The van der Waals surface area contributed by atoms with Crippen LogP contribution in [0.3, 0.4) is 0 Å². The molecule has 0 aliphatic rings. The lowest BCUT2D eigenvalue weighted by Gasteiger charge is -2.15. The van der Waals surface area contributed by atoms with Crippen molar-refractivity contribution in [2.45, 2.75) is 18.9 Å². The van der Waals surface area contributed by atoms with Gasteiger partial charge in [0.2, 0.25) is 0 Å². The SMILES string of the molecule is CN(C)CCC(O)Cc1ccnc2ccccc12. The first kappa shape index (κ1) is 13.0. The van der Waals surface area contributed by atoms with Gasteiger partial charge in [-0.2, -0.15) is 0 Å². The minimum absolute atomic E-state index is 0.293. The van der Waals surface area contributed by atoms with E-state index in [-0.39, 0.29) is 6.10 Å². The van der Waals surface area contributed by atoms with Gasteiger partial charge >= 0.3 is 0 Å². The molecule has 0 radical (unpaired) electrons. The summed E-state index contributed by atoms with van der Waals surface area (Å²) >= 11 is 0. The van der Waals surface area contributed by atoms with Gasteiger partial charge < -0.3 is 10.0 Å². The number of rotatable bonds is 5. The number of para-hydroxylation sites is 1. The molecule has 0 amide bonds. The molecule has 0 aliphatic carbocycles. The third-order valence-electron chi connectivity index (χ3n) is 3.10. The van der Waals surface area contributed by atoms with E-state index in [1.165, 1.54) is 5.56 Å². The van der Waals surface area contributed by atoms with Crippen molar-refractivity contribution in [3.8, 4) is 0 Å². The van der Waals surface area contributed by atoms with Crippen molar-refractivity contribution in [3.63, 3.8) is 0 Å². The van der Waals surface area contributed by atoms with E-state index in [4.69, 9.17) is 0 Å². The molecule has 0 bridgehead atoms. The van der Waals surface area contributed by atoms with E-state index in [2.05, 4.69) is 16.0 Å². The average Bonchev–Trinajstić information content (AvgIpc) is 2.37. The zero-order valence-electron chi connectivity index (χ0n) is 11.0. The second kappa shape index (κ2) is 5.94. The first-order valence-electron chi connectivity index (χ1n) is 6.32. The Bertz CT molecular complexity index is 505. The highest BCUT2D eigenvalue weighted by Gasteiger charge is 2.09. The summed E-state index contributed by atoms with van der Waals surface area (Å²) in [5.74, 6) is 0. The van der Waals surface area contributed by atoms with Gasteiger partial charge in [-0.3, -0.25) is 4.98 Å². The molecule has 0 aliphatic heterocycles. The van der Waals surface area contributed by atoms with Crippen molar-refractivity contribution in [2.75, 3.05) is 20.6 Å². The minimum Gasteiger partial charge on any atom is -0.393 e. The standard InChI is InChI=1S/C15H20N2O/c1-17(2)10-8-13(18)11-12-7-9-16-15-6-4-3-5-14(12)15/h3-7,9,13,18H,8,10-11H2,1-2H3. The van der Waals surface area contributed by atoms with Crippen LogP contribution in [-0.2, 0) is 6.42 Å². The molecule has 3 nitrogen and oxygen atoms in total. The molecular weight excluding hydrogens is 224 g/mol. The van der Waals surface area contributed by atoms with Gasteiger partial charge in [-0.05, 0) is 51.2 Å². The number of hydrogen-bond donors (Lipinski definition) is 1. The van der Waals surface area contributed by atoms with Gasteiger partial charge in [0.25, 0.3) is 0 Å². The molecule has 2 aromatic rings. The average molecular weight is 244 g/mol. The smallest absolute Gasteiger partial charge is 0.0704 e. The molecule has 1 N–H and O–H groups in total. The first-order chi connectivity index (χ1) is 8.66. The fourth-order valence-electron chi connectivity index (χ4n) is 2.10. The quantitative estimate of drug-likeness (QED) is 0.875. The Morgan fingerprint density at radius 3 is 2.78 bits per heavy atom. The number of hydrogen-bond acceptors (Lipinski definition) is 3. The molecular formula is C15H20N2O. The Morgan fingerprint density at radius 1 is 1.22 bits per heavy atom. The maximum absolute atomic E-state index is 10.1. The molecule has 1 aromatic heterocycles. The molecule has 1 unspecified atom stereocenters. The second-order valence-corrected chi connectivity index (χ2v) is 4.94. The lowest BCUT2D eigenvalue weighted by atomic mass is 10.0. The fourth-order valence-corrected chi connectivity index (χ4v) is 2.10. The Balaban J connectivity index is 2.11. The van der Waals surface area contributed by atoms with Crippen molar-refractivity contribution >= 4 is 10.9 Å². The monoisotopic (exact) mass is 244 g/mol. The van der Waals surface area contributed by atoms with Crippen LogP contribution in [0.5, 0.6) is 0 Å². The minimum atomic E-state index is -0.293. The van der Waals surface area contributed by atoms with Crippen LogP contribution in [0.15, 0.2) is 36.5 Å². The van der Waals surface area contributed by atoms with Gasteiger partial charge in [0, 0.05) is 11.6 Å². The van der Waals surface area contributed by atoms with Crippen LogP contribution in [0.2, 0.25) is 0 Å².